The minimum atomic E-state index is -5.48. The normalized spacial score (nSPS) is 36.6. The second-order valence-electron chi connectivity index (χ2n) is 4.86. The number of piperidine rings is 1. The van der Waals surface area contributed by atoms with Gasteiger partial charge in [-0.2, -0.15) is 26.3 Å². The zero-order chi connectivity index (χ0) is 15.3. The Hall–Kier alpha value is 0.0800. The van der Waals surface area contributed by atoms with Crippen molar-refractivity contribution >= 4 is 23.2 Å². The highest BCUT2D eigenvalue weighted by atomic mass is 35.5. The number of fused-ring (bicyclic) bond motifs is 2. The lowest BCUT2D eigenvalue weighted by atomic mass is 9.82. The Labute approximate surface area is 120 Å². The smallest absolute Gasteiger partial charge is 0.375 e. The van der Waals surface area contributed by atoms with Crippen LogP contribution in [-0.4, -0.2) is 47.9 Å². The number of ether oxygens (including phenoxy) is 1. The number of hydrogen-bond donors (Lipinski definition) is 1. The largest absolute Gasteiger partial charge is 0.415 e. The standard InChI is InChI=1S/C10H11Cl2F6NO/c11-1-2-20-5-3-4-6(12)7(5)19-8(4,9(13,14)15)10(16,17)18/h4-7,19H,1-3H2/t4-,5-,6-,7-/m0/s1. The summed E-state index contributed by atoms with van der Waals surface area (Å²) in [5.74, 6) is -1.71. The van der Waals surface area contributed by atoms with E-state index in [9.17, 15) is 26.3 Å². The third-order valence-corrected chi connectivity index (χ3v) is 4.60. The Morgan fingerprint density at radius 2 is 1.70 bits per heavy atom. The summed E-state index contributed by atoms with van der Waals surface area (Å²) >= 11 is 11.2. The molecule has 0 radical (unpaired) electrons. The van der Waals surface area contributed by atoms with Crippen LogP contribution >= 0.6 is 23.2 Å². The van der Waals surface area contributed by atoms with E-state index in [0.717, 1.165) is 0 Å². The first-order valence-electron chi connectivity index (χ1n) is 5.79. The SMILES string of the molecule is FC(F)(F)C1(C(F)(F)F)N[C@@H]2[C@@H](Cl)[C@@H]1C[C@@H]2OCCCl. The first kappa shape index (κ1) is 16.5. The molecule has 0 aromatic rings. The quantitative estimate of drug-likeness (QED) is 0.627. The number of hydrogen-bond acceptors (Lipinski definition) is 2. The van der Waals surface area contributed by atoms with Gasteiger partial charge in [0, 0.05) is 11.8 Å². The summed E-state index contributed by atoms with van der Waals surface area (Å²) < 4.78 is 83.3. The Kier molecular flexibility index (Phi) is 4.17. The van der Waals surface area contributed by atoms with Crippen molar-refractivity contribution in [2.45, 2.75) is 41.8 Å². The fourth-order valence-electron chi connectivity index (χ4n) is 3.05. The number of nitrogens with one attached hydrogen (secondary N) is 1. The van der Waals surface area contributed by atoms with Gasteiger partial charge in [-0.05, 0) is 6.42 Å². The molecule has 0 unspecified atom stereocenters. The summed E-state index contributed by atoms with van der Waals surface area (Å²) in [7, 11) is 0. The van der Waals surface area contributed by atoms with Crippen molar-refractivity contribution in [1.82, 2.24) is 5.32 Å². The van der Waals surface area contributed by atoms with Gasteiger partial charge in [-0.1, -0.05) is 0 Å². The maximum atomic E-state index is 13.0. The van der Waals surface area contributed by atoms with Crippen LogP contribution in [0.3, 0.4) is 0 Å². The predicted molar refractivity (Wildman–Crippen MR) is 60.0 cm³/mol. The highest BCUT2D eigenvalue weighted by Crippen LogP contribution is 2.58. The second-order valence-corrected chi connectivity index (χ2v) is 5.74. The van der Waals surface area contributed by atoms with Crippen LogP contribution in [0.5, 0.6) is 0 Å². The molecule has 20 heavy (non-hydrogen) atoms. The van der Waals surface area contributed by atoms with Crippen LogP contribution in [0.2, 0.25) is 0 Å². The molecule has 2 bridgehead atoms. The maximum absolute atomic E-state index is 13.0. The van der Waals surface area contributed by atoms with Crippen molar-refractivity contribution in [3.63, 3.8) is 0 Å². The van der Waals surface area contributed by atoms with Crippen LogP contribution in [-0.2, 0) is 4.74 Å². The van der Waals surface area contributed by atoms with Crippen molar-refractivity contribution in [2.75, 3.05) is 12.5 Å². The molecule has 2 aliphatic rings. The molecule has 0 amide bonds. The summed E-state index contributed by atoms with van der Waals surface area (Å²) in [6.07, 6.45) is -12.1. The number of alkyl halides is 8. The van der Waals surface area contributed by atoms with E-state index in [1.807, 2.05) is 0 Å². The van der Waals surface area contributed by atoms with Gasteiger partial charge in [-0.15, -0.1) is 23.2 Å². The third-order valence-electron chi connectivity index (χ3n) is 3.87. The molecule has 1 N–H and O–H groups in total. The first-order chi connectivity index (χ1) is 9.06. The predicted octanol–water partition coefficient (Wildman–Crippen LogP) is 3.07. The third kappa shape index (κ3) is 2.19. The molecule has 10 heteroatoms. The fourth-order valence-corrected chi connectivity index (χ4v) is 3.66. The monoisotopic (exact) mass is 345 g/mol. The topological polar surface area (TPSA) is 21.3 Å². The molecule has 1 heterocycles. The number of rotatable bonds is 3. The van der Waals surface area contributed by atoms with Gasteiger partial charge >= 0.3 is 12.4 Å². The molecule has 1 saturated heterocycles. The van der Waals surface area contributed by atoms with Crippen LogP contribution < -0.4 is 5.32 Å². The molecule has 1 aliphatic heterocycles. The Morgan fingerprint density at radius 1 is 1.15 bits per heavy atom. The van der Waals surface area contributed by atoms with Gasteiger partial charge in [0.05, 0.1) is 24.1 Å². The molecule has 4 atom stereocenters. The molecule has 2 rings (SSSR count). The van der Waals surface area contributed by atoms with E-state index in [1.54, 1.807) is 5.32 Å². The van der Waals surface area contributed by atoms with Gasteiger partial charge in [0.25, 0.3) is 0 Å². The summed E-state index contributed by atoms with van der Waals surface area (Å²) in [6.45, 7) is 0.0474. The van der Waals surface area contributed by atoms with Crippen molar-refractivity contribution < 1.29 is 31.1 Å². The van der Waals surface area contributed by atoms with Crippen molar-refractivity contribution in [3.8, 4) is 0 Å². The van der Waals surface area contributed by atoms with Gasteiger partial charge in [-0.25, -0.2) is 0 Å². The first-order valence-corrected chi connectivity index (χ1v) is 6.76. The summed E-state index contributed by atoms with van der Waals surface area (Å²) in [5, 5.41) is 0.350. The summed E-state index contributed by atoms with van der Waals surface area (Å²) in [6, 6.07) is -1.20. The molecule has 0 aromatic carbocycles. The molecule has 2 fully saturated rings. The summed E-state index contributed by atoms with van der Waals surface area (Å²) in [4.78, 5) is 0. The highest BCUT2D eigenvalue weighted by molar-refractivity contribution is 6.22. The van der Waals surface area contributed by atoms with E-state index in [4.69, 9.17) is 27.9 Å². The van der Waals surface area contributed by atoms with Crippen molar-refractivity contribution in [1.29, 1.82) is 0 Å². The molecular formula is C10H11Cl2F6NO. The van der Waals surface area contributed by atoms with Crippen LogP contribution in [0.1, 0.15) is 6.42 Å². The van der Waals surface area contributed by atoms with Crippen molar-refractivity contribution in [3.05, 3.63) is 0 Å². The molecule has 0 spiro atoms. The molecule has 118 valence electrons. The lowest BCUT2D eigenvalue weighted by Crippen LogP contribution is -2.70. The van der Waals surface area contributed by atoms with Crippen LogP contribution in [0.4, 0.5) is 26.3 Å². The lowest BCUT2D eigenvalue weighted by Gasteiger charge is -2.42. The van der Waals surface area contributed by atoms with E-state index in [0.29, 0.717) is 0 Å². The minimum absolute atomic E-state index is 0.0474. The van der Waals surface area contributed by atoms with Crippen LogP contribution in [0, 0.1) is 5.92 Å². The minimum Gasteiger partial charge on any atom is -0.375 e. The van der Waals surface area contributed by atoms with Gasteiger partial charge in [-0.3, -0.25) is 5.32 Å². The van der Waals surface area contributed by atoms with E-state index < -0.39 is 47.8 Å². The maximum Gasteiger partial charge on any atom is 0.415 e. The van der Waals surface area contributed by atoms with E-state index in [2.05, 4.69) is 0 Å². The van der Waals surface area contributed by atoms with Crippen LogP contribution in [0.25, 0.3) is 0 Å². The van der Waals surface area contributed by atoms with Gasteiger partial charge in [0.1, 0.15) is 0 Å². The molecule has 0 aromatic heterocycles. The lowest BCUT2D eigenvalue weighted by molar-refractivity contribution is -0.321. The fraction of sp³-hybridized carbons (Fsp3) is 1.00. The molecule has 1 aliphatic carbocycles. The highest BCUT2D eigenvalue weighted by Gasteiger charge is 2.81. The van der Waals surface area contributed by atoms with Crippen LogP contribution in [0.15, 0.2) is 0 Å². The molecule has 2 nitrogen and oxygen atoms in total. The van der Waals surface area contributed by atoms with E-state index in [-0.39, 0.29) is 12.5 Å². The zero-order valence-corrected chi connectivity index (χ0v) is 11.4. The van der Waals surface area contributed by atoms with Gasteiger partial charge in [0.2, 0.25) is 5.54 Å². The molecular weight excluding hydrogens is 335 g/mol. The second kappa shape index (κ2) is 5.07. The Bertz CT molecular complexity index is 360. The van der Waals surface area contributed by atoms with Crippen molar-refractivity contribution in [2.24, 2.45) is 5.92 Å². The average molecular weight is 346 g/mol. The van der Waals surface area contributed by atoms with Gasteiger partial charge in [0.15, 0.2) is 0 Å². The van der Waals surface area contributed by atoms with E-state index in [1.165, 1.54) is 0 Å². The Morgan fingerprint density at radius 3 is 2.05 bits per heavy atom. The molecule has 1 saturated carbocycles. The number of halogens is 8. The van der Waals surface area contributed by atoms with E-state index >= 15 is 0 Å². The Balaban J connectivity index is 2.29. The summed E-state index contributed by atoms with van der Waals surface area (Å²) in [5.41, 5.74) is -3.96. The zero-order valence-electron chi connectivity index (χ0n) is 9.86. The van der Waals surface area contributed by atoms with Gasteiger partial charge < -0.3 is 4.74 Å². The average Bonchev–Trinajstić information content (AvgIpc) is 2.75.